The quantitative estimate of drug-likeness (QED) is 0.132. The van der Waals surface area contributed by atoms with Crippen LogP contribution in [-0.2, 0) is 39.9 Å². The molecule has 224 valence electrons. The largest absolute Gasteiger partial charge is 0.370 e. The topological polar surface area (TPSA) is 162 Å². The summed E-state index contributed by atoms with van der Waals surface area (Å²) in [7, 11) is 2.32. The van der Waals surface area contributed by atoms with Gasteiger partial charge in [-0.15, -0.1) is 24.0 Å². The molecule has 10 nitrogen and oxygen atoms in total. The molecule has 4 N–H and O–H groups in total. The predicted molar refractivity (Wildman–Crippen MR) is 167 cm³/mol. The van der Waals surface area contributed by atoms with E-state index in [0.717, 1.165) is 16.4 Å². The van der Waals surface area contributed by atoms with Crippen molar-refractivity contribution in [1.29, 1.82) is 0 Å². The number of nitrogens with one attached hydrogen (secondary N) is 2. The fraction of sp³-hybridized carbons (Fsp3) is 0.520. The van der Waals surface area contributed by atoms with Gasteiger partial charge in [0, 0.05) is 39.8 Å². The van der Waals surface area contributed by atoms with Crippen LogP contribution in [0.5, 0.6) is 0 Å². The maximum atomic E-state index is 11.7. The first kappa shape index (κ1) is 41.4. The van der Waals surface area contributed by atoms with Gasteiger partial charge < -0.3 is 21.1 Å². The van der Waals surface area contributed by atoms with Crippen molar-refractivity contribution in [2.75, 3.05) is 36.8 Å². The molecule has 0 spiro atoms. The first-order chi connectivity index (χ1) is 17.9. The lowest BCUT2D eigenvalue weighted by molar-refractivity contribution is -0.126. The molecule has 0 aromatic heterocycles. The van der Waals surface area contributed by atoms with Gasteiger partial charge in [-0.1, -0.05) is 40.6 Å². The summed E-state index contributed by atoms with van der Waals surface area (Å²) < 4.78 is 16.2. The van der Waals surface area contributed by atoms with Crippen LogP contribution in [0.4, 0.5) is 10.1 Å². The molecule has 1 aromatic carbocycles. The molecule has 1 rings (SSSR count). The molecule has 0 aliphatic rings. The number of anilines is 1. The van der Waals surface area contributed by atoms with Gasteiger partial charge in [-0.3, -0.25) is 28.8 Å². The molecule has 3 amide bonds. The summed E-state index contributed by atoms with van der Waals surface area (Å²) in [5, 5.41) is 5.39. The zero-order valence-electron chi connectivity index (χ0n) is 22.7. The number of carbonyl (C=O) groups excluding carboxylic acids is 6. The molecule has 0 atom stereocenters. The molecule has 0 aliphatic heterocycles. The number of hydrogen-bond donors (Lipinski definition) is 3. The Balaban J connectivity index is -0.000000389. The maximum Gasteiger partial charge on any atom is 0.250 e. The normalized spacial score (nSPS) is 9.36. The molecule has 39 heavy (non-hydrogen) atoms. The standard InChI is InChI=1S/C19H26N2O5.C4H7FOS2.C2H5NO.HI.H2/c1-3-17(23)10-11-20-18(24)9-6-15-4-7-16(8-5-15)21-19(25)13-26-12-14(2)22;1-4(6)2-7-8-3-5;1-2(3)4;;/h4-5,7-8H,3,6,9-13H2,1-2H3,(H,20,24)(H,21,25);2-3H2,1H3;1H3,(H2,3,4);2*1H/i;;;;1+1. The van der Waals surface area contributed by atoms with Crippen LogP contribution >= 0.6 is 45.6 Å². The highest BCUT2D eigenvalue weighted by molar-refractivity contribution is 14.0. The van der Waals surface area contributed by atoms with E-state index in [1.165, 1.54) is 31.6 Å². The van der Waals surface area contributed by atoms with E-state index >= 15 is 0 Å². The second-order valence-electron chi connectivity index (χ2n) is 7.73. The first-order valence-corrected chi connectivity index (χ1v) is 14.2. The number of nitrogens with two attached hydrogens (primary N) is 1. The smallest absolute Gasteiger partial charge is 0.250 e. The Morgan fingerprint density at radius 3 is 2.00 bits per heavy atom. The average Bonchev–Trinajstić information content (AvgIpc) is 2.83. The van der Waals surface area contributed by atoms with Crippen molar-refractivity contribution in [2.24, 2.45) is 5.73 Å². The number of alkyl halides is 1. The molecule has 0 heterocycles. The van der Waals surface area contributed by atoms with E-state index in [1.807, 2.05) is 12.1 Å². The predicted octanol–water partition coefficient (Wildman–Crippen LogP) is 3.89. The number of ketones is 3. The van der Waals surface area contributed by atoms with Gasteiger partial charge in [0.25, 0.3) is 0 Å². The average molecular weight is 707 g/mol. The molecule has 0 fully saturated rings. The van der Waals surface area contributed by atoms with Crippen molar-refractivity contribution in [1.82, 2.24) is 5.32 Å². The molecular formula is C25H41FIN3O7S2. The van der Waals surface area contributed by atoms with Gasteiger partial charge >= 0.3 is 0 Å². The van der Waals surface area contributed by atoms with Crippen LogP contribution in [0.15, 0.2) is 24.3 Å². The Labute approximate surface area is 255 Å². The highest BCUT2D eigenvalue weighted by atomic mass is 127. The van der Waals surface area contributed by atoms with Gasteiger partial charge in [-0.25, -0.2) is 4.39 Å². The third-order valence-electron chi connectivity index (χ3n) is 3.93. The number of amides is 3. The lowest BCUT2D eigenvalue weighted by Gasteiger charge is -2.07. The summed E-state index contributed by atoms with van der Waals surface area (Å²) in [6, 6.07) is 6.74. The number of aryl methyl sites for hydroxylation is 1. The minimum Gasteiger partial charge on any atom is -0.370 e. The third kappa shape index (κ3) is 32.1. The molecule has 0 aliphatic carbocycles. The molecule has 0 bridgehead atoms. The van der Waals surface area contributed by atoms with Crippen molar-refractivity contribution in [3.05, 3.63) is 29.8 Å². The lowest BCUT2D eigenvalue weighted by atomic mass is 10.1. The fourth-order valence-electron chi connectivity index (χ4n) is 2.26. The minimum absolute atomic E-state index is 0. The van der Waals surface area contributed by atoms with Crippen molar-refractivity contribution >= 4 is 86.3 Å². The van der Waals surface area contributed by atoms with Gasteiger partial charge in [-0.2, -0.15) is 0 Å². The van der Waals surface area contributed by atoms with Crippen LogP contribution in [0.25, 0.3) is 0 Å². The molecule has 14 heteroatoms. The van der Waals surface area contributed by atoms with Crippen LogP contribution < -0.4 is 16.4 Å². The van der Waals surface area contributed by atoms with Gasteiger partial charge in [0.05, 0.1) is 5.75 Å². The lowest BCUT2D eigenvalue weighted by Crippen LogP contribution is -2.26. The number of ether oxygens (including phenoxy) is 1. The summed E-state index contributed by atoms with van der Waals surface area (Å²) in [5.74, 6) is -0.253. The van der Waals surface area contributed by atoms with Crippen molar-refractivity contribution in [3.8, 4) is 0 Å². The summed E-state index contributed by atoms with van der Waals surface area (Å²) in [6.07, 6.45) is 1.77. The summed E-state index contributed by atoms with van der Waals surface area (Å²) in [5.41, 5.74) is 6.06. The number of halogens is 2. The summed E-state index contributed by atoms with van der Waals surface area (Å²) in [4.78, 5) is 64.7. The van der Waals surface area contributed by atoms with E-state index in [2.05, 4.69) is 16.4 Å². The van der Waals surface area contributed by atoms with Gasteiger partial charge in [0.15, 0.2) is 5.78 Å². The van der Waals surface area contributed by atoms with Gasteiger partial charge in [0.2, 0.25) is 17.7 Å². The Bertz CT molecular complexity index is 894. The second-order valence-corrected chi connectivity index (χ2v) is 10.1. The third-order valence-corrected chi connectivity index (χ3v) is 5.83. The van der Waals surface area contributed by atoms with E-state index in [0.29, 0.717) is 43.7 Å². The van der Waals surface area contributed by atoms with E-state index in [1.54, 1.807) is 19.1 Å². The van der Waals surface area contributed by atoms with Crippen molar-refractivity contribution < 1.29 is 39.3 Å². The Kier molecular flexibility index (Phi) is 29.2. The van der Waals surface area contributed by atoms with E-state index in [9.17, 15) is 33.2 Å². The highest BCUT2D eigenvalue weighted by Crippen LogP contribution is 2.20. The van der Waals surface area contributed by atoms with Crippen molar-refractivity contribution in [2.45, 2.75) is 53.4 Å². The number of hydrogen-bond acceptors (Lipinski definition) is 9. The molecule has 0 saturated heterocycles. The fourth-order valence-corrected chi connectivity index (χ4v) is 3.51. The van der Waals surface area contributed by atoms with Crippen LogP contribution in [0.3, 0.4) is 0 Å². The van der Waals surface area contributed by atoms with Gasteiger partial charge in [0.1, 0.15) is 30.8 Å². The molecule has 0 saturated carbocycles. The minimum atomic E-state index is -0.419. The SMILES string of the molecule is CC(=O)CSSCF.CC(N)=O.CCC(=O)CCNC(=O)CCc1ccc(NC(=O)COCC(C)=O)cc1.I.[2HH]. The Morgan fingerprint density at radius 1 is 0.923 bits per heavy atom. The summed E-state index contributed by atoms with van der Waals surface area (Å²) >= 11 is 0. The second kappa shape index (κ2) is 27.5. The zero-order chi connectivity index (χ0) is 29.3. The Morgan fingerprint density at radius 2 is 1.51 bits per heavy atom. The number of primary amides is 1. The number of rotatable bonds is 16. The van der Waals surface area contributed by atoms with Crippen LogP contribution in [0, 0.1) is 0 Å². The van der Waals surface area contributed by atoms with Crippen LogP contribution in [0.1, 0.15) is 53.9 Å². The molecule has 0 unspecified atom stereocenters. The molecule has 1 aromatic rings. The first-order valence-electron chi connectivity index (χ1n) is 11.7. The number of Topliss-reactive ketones (excluding diaryl/α,β-unsaturated/α-hetero) is 3. The van der Waals surface area contributed by atoms with Crippen molar-refractivity contribution in [3.63, 3.8) is 0 Å². The zero-order valence-corrected chi connectivity index (χ0v) is 26.7. The van der Waals surface area contributed by atoms with E-state index in [-0.39, 0.29) is 73.7 Å². The Hall–Kier alpha value is -2.04. The monoisotopic (exact) mass is 706 g/mol. The van der Waals surface area contributed by atoms with E-state index in [4.69, 9.17) is 4.74 Å². The number of benzene rings is 1. The van der Waals surface area contributed by atoms with Gasteiger partial charge in [-0.05, 0) is 38.0 Å². The molecular weight excluding hydrogens is 664 g/mol. The maximum absolute atomic E-state index is 11.7. The highest BCUT2D eigenvalue weighted by Gasteiger charge is 2.06. The van der Waals surface area contributed by atoms with Crippen LogP contribution in [0.2, 0.25) is 0 Å². The van der Waals surface area contributed by atoms with Crippen LogP contribution in [-0.4, -0.2) is 66.6 Å². The van der Waals surface area contributed by atoms with E-state index < -0.39 is 6.01 Å². The molecule has 0 radical (unpaired) electrons. The number of carbonyl (C=O) groups is 6. The summed E-state index contributed by atoms with van der Waals surface area (Å²) in [6.45, 7) is 6.11.